The fourth-order valence-corrected chi connectivity index (χ4v) is 2.90. The third-order valence-electron chi connectivity index (χ3n) is 3.52. The monoisotopic (exact) mass is 470 g/mol. The summed E-state index contributed by atoms with van der Waals surface area (Å²) in [5, 5.41) is 6.40. The summed E-state index contributed by atoms with van der Waals surface area (Å²) in [6, 6.07) is 12.8. The molecule has 2 rings (SSSR count). The Morgan fingerprint density at radius 3 is 2.67 bits per heavy atom. The molecule has 0 fully saturated rings. The van der Waals surface area contributed by atoms with E-state index in [0.717, 1.165) is 15.6 Å². The van der Waals surface area contributed by atoms with Crippen LogP contribution < -0.4 is 10.1 Å². The topological polar surface area (TPSA) is 59.9 Å². The van der Waals surface area contributed by atoms with E-state index in [9.17, 15) is 4.79 Å². The summed E-state index contributed by atoms with van der Waals surface area (Å²) < 4.78 is 6.94. The van der Waals surface area contributed by atoms with Gasteiger partial charge >= 0.3 is 0 Å². The number of nitrogens with one attached hydrogen (secondary N) is 1. The molecule has 0 unspecified atom stereocenters. The Balaban J connectivity index is 2.35. The van der Waals surface area contributed by atoms with E-state index in [1.807, 2.05) is 36.4 Å². The average molecular weight is 472 g/mol. The fourth-order valence-electron chi connectivity index (χ4n) is 2.33. The summed E-state index contributed by atoms with van der Waals surface area (Å²) in [4.78, 5) is 17.0. The molecule has 8 heteroatoms. The molecule has 2 aromatic rings. The van der Waals surface area contributed by atoms with Gasteiger partial charge in [-0.25, -0.2) is 0 Å². The van der Waals surface area contributed by atoms with Crippen molar-refractivity contribution in [2.24, 2.45) is 5.16 Å². The van der Waals surface area contributed by atoms with Crippen LogP contribution in [0.15, 0.2) is 56.6 Å². The minimum absolute atomic E-state index is 0.122. The molecule has 0 saturated carbocycles. The van der Waals surface area contributed by atoms with Gasteiger partial charge in [-0.3, -0.25) is 4.79 Å². The lowest BCUT2D eigenvalue weighted by Crippen LogP contribution is -2.29. The number of ether oxygens (including phenoxy) is 1. The maximum Gasteiger partial charge on any atom is 0.273 e. The van der Waals surface area contributed by atoms with Crippen LogP contribution in [-0.4, -0.2) is 25.8 Å². The van der Waals surface area contributed by atoms with Gasteiger partial charge in [0.2, 0.25) is 0 Å². The Hall–Kier alpha value is -2.02. The molecule has 0 aliphatic rings. The summed E-state index contributed by atoms with van der Waals surface area (Å²) in [6.45, 7) is 0.201. The van der Waals surface area contributed by atoms with Gasteiger partial charge in [0.25, 0.3) is 5.91 Å². The molecule has 0 aliphatic heterocycles. The summed E-state index contributed by atoms with van der Waals surface area (Å²) in [7, 11) is 2.92. The lowest BCUT2D eigenvalue weighted by molar-refractivity contribution is -0.114. The predicted octanol–water partition coefficient (Wildman–Crippen LogP) is 4.90. The Bertz CT molecular complexity index is 881. The Morgan fingerprint density at radius 1 is 1.26 bits per heavy atom. The summed E-state index contributed by atoms with van der Waals surface area (Å²) in [6.07, 6.45) is 1.60. The zero-order chi connectivity index (χ0) is 19.8. The highest BCUT2D eigenvalue weighted by Crippen LogP contribution is 2.28. The van der Waals surface area contributed by atoms with Crippen LogP contribution in [0, 0.1) is 0 Å². The molecule has 5 nitrogen and oxygen atoms in total. The molecule has 0 bridgehead atoms. The number of hydrogen-bond acceptors (Lipinski definition) is 4. The number of amides is 1. The highest BCUT2D eigenvalue weighted by atomic mass is 79.9. The minimum Gasteiger partial charge on any atom is -0.488 e. The first kappa shape index (κ1) is 21.3. The van der Waals surface area contributed by atoms with E-state index < -0.39 is 0 Å². The van der Waals surface area contributed by atoms with Crippen LogP contribution in [0.25, 0.3) is 6.08 Å². The average Bonchev–Trinajstić information content (AvgIpc) is 2.65. The fraction of sp³-hybridized carbons (Fsp3) is 0.158. The van der Waals surface area contributed by atoms with E-state index in [-0.39, 0.29) is 22.7 Å². The molecule has 0 radical (unpaired) electrons. The van der Waals surface area contributed by atoms with Crippen LogP contribution in [0.5, 0.6) is 5.75 Å². The molecule has 0 saturated heterocycles. The van der Waals surface area contributed by atoms with Gasteiger partial charge in [-0.2, -0.15) is 0 Å². The first-order valence-corrected chi connectivity index (χ1v) is 9.37. The number of likely N-dealkylation sites (N-methyl/N-ethyl adjacent to an activating group) is 1. The zero-order valence-corrected chi connectivity index (χ0v) is 17.7. The van der Waals surface area contributed by atoms with Crippen LogP contribution in [0.2, 0.25) is 0 Å². The standard InChI is InChI=1S/C19H17BrCl2N2O3/c1-23-19(25)18(24-26-2)15-6-4-3-5-13(15)11-27-16-10-14(20)8-7-12(16)9-17(21)22/h3-10H,11H2,1-2H3,(H,23,25)/b24-18+. The van der Waals surface area contributed by atoms with Crippen molar-refractivity contribution in [3.05, 3.63) is 68.1 Å². The summed E-state index contributed by atoms with van der Waals surface area (Å²) in [5.74, 6) is 0.229. The number of halogens is 3. The van der Waals surface area contributed by atoms with Crippen LogP contribution in [0.3, 0.4) is 0 Å². The molecular formula is C19H17BrCl2N2O3. The number of carbonyl (C=O) groups is 1. The lowest BCUT2D eigenvalue weighted by atomic mass is 10.0. The Kier molecular flexibility index (Phi) is 8.16. The quantitative estimate of drug-likeness (QED) is 0.461. The predicted molar refractivity (Wildman–Crippen MR) is 112 cm³/mol. The van der Waals surface area contributed by atoms with E-state index in [1.54, 1.807) is 12.1 Å². The summed E-state index contributed by atoms with van der Waals surface area (Å²) >= 11 is 15.0. The number of oxime groups is 1. The second-order valence-electron chi connectivity index (χ2n) is 5.26. The second kappa shape index (κ2) is 10.3. The second-order valence-corrected chi connectivity index (χ2v) is 7.19. The lowest BCUT2D eigenvalue weighted by Gasteiger charge is -2.14. The number of nitrogens with zero attached hydrogens (tertiary/aromatic N) is 1. The Labute approximate surface area is 176 Å². The summed E-state index contributed by atoms with van der Waals surface area (Å²) in [5.41, 5.74) is 2.27. The van der Waals surface area contributed by atoms with E-state index in [2.05, 4.69) is 26.4 Å². The van der Waals surface area contributed by atoms with Crippen LogP contribution in [0.1, 0.15) is 16.7 Å². The Morgan fingerprint density at radius 2 is 2.00 bits per heavy atom. The van der Waals surface area contributed by atoms with E-state index in [4.69, 9.17) is 32.8 Å². The van der Waals surface area contributed by atoms with E-state index >= 15 is 0 Å². The molecule has 0 aromatic heterocycles. The third-order valence-corrected chi connectivity index (χ3v) is 4.23. The first-order valence-electron chi connectivity index (χ1n) is 7.82. The van der Waals surface area contributed by atoms with Crippen LogP contribution >= 0.6 is 39.1 Å². The molecule has 0 spiro atoms. The SMILES string of the molecule is CNC(=O)/C(=N/OC)c1ccccc1COc1cc(Br)ccc1C=C(Cl)Cl. The van der Waals surface area contributed by atoms with Crippen molar-refractivity contribution in [2.75, 3.05) is 14.2 Å². The van der Waals surface area contributed by atoms with Gasteiger partial charge < -0.3 is 14.9 Å². The van der Waals surface area contributed by atoms with E-state index in [0.29, 0.717) is 11.3 Å². The molecule has 27 heavy (non-hydrogen) atoms. The number of hydrogen-bond donors (Lipinski definition) is 1. The van der Waals surface area contributed by atoms with Crippen molar-refractivity contribution >= 4 is 56.8 Å². The minimum atomic E-state index is -0.357. The number of carbonyl (C=O) groups excluding carboxylic acids is 1. The van der Waals surface area contributed by atoms with Crippen LogP contribution in [-0.2, 0) is 16.2 Å². The van der Waals surface area contributed by atoms with Crippen molar-refractivity contribution in [3.63, 3.8) is 0 Å². The van der Waals surface area contributed by atoms with Gasteiger partial charge in [-0.15, -0.1) is 0 Å². The largest absolute Gasteiger partial charge is 0.488 e. The van der Waals surface area contributed by atoms with Gasteiger partial charge in [-0.1, -0.05) is 74.6 Å². The normalized spacial score (nSPS) is 10.9. The van der Waals surface area contributed by atoms with Crippen molar-refractivity contribution in [3.8, 4) is 5.75 Å². The number of rotatable bonds is 7. The maximum atomic E-state index is 12.1. The highest BCUT2D eigenvalue weighted by molar-refractivity contribution is 9.10. The van der Waals surface area contributed by atoms with E-state index in [1.165, 1.54) is 14.2 Å². The molecule has 0 atom stereocenters. The molecule has 142 valence electrons. The third kappa shape index (κ3) is 5.99. The van der Waals surface area contributed by atoms with Crippen molar-refractivity contribution in [1.29, 1.82) is 0 Å². The molecule has 1 amide bonds. The molecule has 2 aromatic carbocycles. The molecule has 0 aliphatic carbocycles. The smallest absolute Gasteiger partial charge is 0.273 e. The highest BCUT2D eigenvalue weighted by Gasteiger charge is 2.17. The van der Waals surface area contributed by atoms with Crippen LogP contribution in [0.4, 0.5) is 0 Å². The van der Waals surface area contributed by atoms with Gasteiger partial charge in [0.1, 0.15) is 24.0 Å². The van der Waals surface area contributed by atoms with Gasteiger partial charge in [0, 0.05) is 22.6 Å². The number of benzene rings is 2. The molecule has 0 heterocycles. The van der Waals surface area contributed by atoms with Gasteiger partial charge in [-0.05, 0) is 23.8 Å². The van der Waals surface area contributed by atoms with Crippen molar-refractivity contribution in [2.45, 2.75) is 6.61 Å². The van der Waals surface area contributed by atoms with Gasteiger partial charge in [0.05, 0.1) is 0 Å². The first-order chi connectivity index (χ1) is 13.0. The zero-order valence-electron chi connectivity index (χ0n) is 14.6. The molecular weight excluding hydrogens is 455 g/mol. The van der Waals surface area contributed by atoms with Crippen molar-refractivity contribution in [1.82, 2.24) is 5.32 Å². The van der Waals surface area contributed by atoms with Gasteiger partial charge in [0.15, 0.2) is 5.71 Å². The van der Waals surface area contributed by atoms with Crippen molar-refractivity contribution < 1.29 is 14.4 Å². The maximum absolute atomic E-state index is 12.1. The molecule has 1 N–H and O–H groups in total.